The molecular weight excluding hydrogens is 252 g/mol. The number of nitrogens with one attached hydrogen (secondary N) is 1. The van der Waals surface area contributed by atoms with Crippen LogP contribution in [0.25, 0.3) is 0 Å². The van der Waals surface area contributed by atoms with Gasteiger partial charge in [-0.3, -0.25) is 0 Å². The first kappa shape index (κ1) is 16.2. The molecule has 0 spiro atoms. The molecule has 118 valence electrons. The van der Waals surface area contributed by atoms with Crippen LogP contribution in [-0.2, 0) is 9.47 Å². The number of ether oxygens (including phenoxy) is 2. The molecule has 0 aromatic heterocycles. The van der Waals surface area contributed by atoms with Crippen LogP contribution in [0.4, 0.5) is 0 Å². The fourth-order valence-corrected chi connectivity index (χ4v) is 3.52. The molecule has 2 saturated heterocycles. The van der Waals surface area contributed by atoms with E-state index >= 15 is 0 Å². The number of rotatable bonds is 7. The summed E-state index contributed by atoms with van der Waals surface area (Å²) < 4.78 is 11.4. The standard InChI is InChI=1S/C16H32N2O2/c1-3-17-13-16(7-10-19-11-8-16)14-18(2)12-15-6-4-5-9-20-15/h15,17H,3-14H2,1-2H3. The van der Waals surface area contributed by atoms with Crippen LogP contribution >= 0.6 is 0 Å². The highest BCUT2D eigenvalue weighted by Crippen LogP contribution is 2.31. The molecule has 4 heteroatoms. The van der Waals surface area contributed by atoms with Gasteiger partial charge in [-0.2, -0.15) is 0 Å². The topological polar surface area (TPSA) is 33.7 Å². The second kappa shape index (κ2) is 8.32. The molecule has 0 aromatic carbocycles. The van der Waals surface area contributed by atoms with E-state index in [9.17, 15) is 0 Å². The van der Waals surface area contributed by atoms with E-state index in [1.165, 1.54) is 32.1 Å². The first-order valence-corrected chi connectivity index (χ1v) is 8.33. The minimum atomic E-state index is 0.387. The summed E-state index contributed by atoms with van der Waals surface area (Å²) in [4.78, 5) is 2.48. The molecule has 0 aliphatic carbocycles. The van der Waals surface area contributed by atoms with Crippen LogP contribution in [0.15, 0.2) is 0 Å². The summed E-state index contributed by atoms with van der Waals surface area (Å²) in [5.41, 5.74) is 0.387. The SMILES string of the molecule is CCNCC1(CN(C)CC2CCCCO2)CCOCC1. The van der Waals surface area contributed by atoms with Gasteiger partial charge >= 0.3 is 0 Å². The molecular formula is C16H32N2O2. The Morgan fingerprint density at radius 2 is 2.00 bits per heavy atom. The Morgan fingerprint density at radius 3 is 2.65 bits per heavy atom. The maximum atomic E-state index is 5.87. The van der Waals surface area contributed by atoms with E-state index in [4.69, 9.17) is 9.47 Å². The molecule has 2 rings (SSSR count). The molecule has 2 aliphatic rings. The molecule has 2 heterocycles. The summed E-state index contributed by atoms with van der Waals surface area (Å²) >= 11 is 0. The Balaban J connectivity index is 1.82. The monoisotopic (exact) mass is 284 g/mol. The number of hydrogen-bond acceptors (Lipinski definition) is 4. The Bertz CT molecular complexity index is 261. The minimum absolute atomic E-state index is 0.387. The van der Waals surface area contributed by atoms with Gasteiger partial charge in [0.05, 0.1) is 6.10 Å². The zero-order valence-corrected chi connectivity index (χ0v) is 13.3. The summed E-state index contributed by atoms with van der Waals surface area (Å²) in [5.74, 6) is 0. The molecule has 2 aliphatic heterocycles. The highest BCUT2D eigenvalue weighted by atomic mass is 16.5. The molecule has 0 radical (unpaired) electrons. The van der Waals surface area contributed by atoms with Crippen molar-refractivity contribution in [1.29, 1.82) is 0 Å². The summed E-state index contributed by atoms with van der Waals surface area (Å²) in [6.45, 7) is 9.37. The number of likely N-dealkylation sites (N-methyl/N-ethyl adjacent to an activating group) is 1. The molecule has 0 saturated carbocycles. The molecule has 1 unspecified atom stereocenters. The van der Waals surface area contributed by atoms with E-state index in [2.05, 4.69) is 24.2 Å². The Hall–Kier alpha value is -0.160. The van der Waals surface area contributed by atoms with E-state index in [0.717, 1.165) is 46.0 Å². The van der Waals surface area contributed by atoms with Gasteiger partial charge in [-0.25, -0.2) is 0 Å². The van der Waals surface area contributed by atoms with Crippen LogP contribution in [-0.4, -0.2) is 64.1 Å². The van der Waals surface area contributed by atoms with Crippen molar-refractivity contribution in [3.8, 4) is 0 Å². The molecule has 2 fully saturated rings. The van der Waals surface area contributed by atoms with E-state index in [1.807, 2.05) is 0 Å². The second-order valence-electron chi connectivity index (χ2n) is 6.58. The maximum absolute atomic E-state index is 5.87. The van der Waals surface area contributed by atoms with E-state index < -0.39 is 0 Å². The Kier molecular flexibility index (Phi) is 6.75. The Morgan fingerprint density at radius 1 is 1.20 bits per heavy atom. The molecule has 1 N–H and O–H groups in total. The highest BCUT2D eigenvalue weighted by Gasteiger charge is 2.33. The first-order valence-electron chi connectivity index (χ1n) is 8.33. The smallest absolute Gasteiger partial charge is 0.0701 e. The highest BCUT2D eigenvalue weighted by molar-refractivity contribution is 4.87. The van der Waals surface area contributed by atoms with Crippen molar-refractivity contribution in [2.75, 3.05) is 53.0 Å². The predicted octanol–water partition coefficient (Wildman–Crippen LogP) is 1.89. The van der Waals surface area contributed by atoms with E-state index in [1.54, 1.807) is 0 Å². The molecule has 1 atom stereocenters. The lowest BCUT2D eigenvalue weighted by molar-refractivity contribution is -0.0274. The fraction of sp³-hybridized carbons (Fsp3) is 1.00. The molecule has 20 heavy (non-hydrogen) atoms. The summed E-state index contributed by atoms with van der Waals surface area (Å²) in [5, 5.41) is 3.55. The van der Waals surface area contributed by atoms with Gasteiger partial charge in [0.25, 0.3) is 0 Å². The van der Waals surface area contributed by atoms with Crippen LogP contribution < -0.4 is 5.32 Å². The first-order chi connectivity index (χ1) is 9.74. The van der Waals surface area contributed by atoms with Crippen LogP contribution in [0.2, 0.25) is 0 Å². The third kappa shape index (κ3) is 4.99. The van der Waals surface area contributed by atoms with Crippen LogP contribution in [0.1, 0.15) is 39.0 Å². The lowest BCUT2D eigenvalue weighted by Gasteiger charge is -2.41. The number of nitrogens with zero attached hydrogens (tertiary/aromatic N) is 1. The van der Waals surface area contributed by atoms with Gasteiger partial charge in [0.1, 0.15) is 0 Å². The summed E-state index contributed by atoms with van der Waals surface area (Å²) in [7, 11) is 2.25. The zero-order chi connectivity index (χ0) is 14.3. The van der Waals surface area contributed by atoms with Crippen molar-refractivity contribution in [3.05, 3.63) is 0 Å². The van der Waals surface area contributed by atoms with Gasteiger partial charge in [0.2, 0.25) is 0 Å². The lowest BCUT2D eigenvalue weighted by Crippen LogP contribution is -2.48. The summed E-state index contributed by atoms with van der Waals surface area (Å²) in [6.07, 6.45) is 6.60. The Labute approximate surface area is 124 Å². The van der Waals surface area contributed by atoms with E-state index in [0.29, 0.717) is 11.5 Å². The van der Waals surface area contributed by atoms with Crippen molar-refractivity contribution < 1.29 is 9.47 Å². The summed E-state index contributed by atoms with van der Waals surface area (Å²) in [6, 6.07) is 0. The fourth-order valence-electron chi connectivity index (χ4n) is 3.52. The number of hydrogen-bond donors (Lipinski definition) is 1. The van der Waals surface area contributed by atoms with Crippen LogP contribution in [0.5, 0.6) is 0 Å². The third-order valence-corrected chi connectivity index (χ3v) is 4.70. The van der Waals surface area contributed by atoms with Crippen molar-refractivity contribution in [2.24, 2.45) is 5.41 Å². The van der Waals surface area contributed by atoms with Crippen LogP contribution in [0, 0.1) is 5.41 Å². The molecule has 0 amide bonds. The van der Waals surface area contributed by atoms with Crippen molar-refractivity contribution in [2.45, 2.75) is 45.1 Å². The van der Waals surface area contributed by atoms with Crippen molar-refractivity contribution >= 4 is 0 Å². The van der Waals surface area contributed by atoms with Gasteiger partial charge in [-0.05, 0) is 51.1 Å². The normalized spacial score (nSPS) is 26.9. The van der Waals surface area contributed by atoms with Gasteiger partial charge in [-0.15, -0.1) is 0 Å². The predicted molar refractivity (Wildman–Crippen MR) is 82.1 cm³/mol. The average molecular weight is 284 g/mol. The third-order valence-electron chi connectivity index (χ3n) is 4.70. The molecule has 4 nitrogen and oxygen atoms in total. The lowest BCUT2D eigenvalue weighted by atomic mass is 9.79. The van der Waals surface area contributed by atoms with Gasteiger partial charge < -0.3 is 19.7 Å². The maximum Gasteiger partial charge on any atom is 0.0701 e. The van der Waals surface area contributed by atoms with Gasteiger partial charge in [0.15, 0.2) is 0 Å². The van der Waals surface area contributed by atoms with Crippen LogP contribution in [0.3, 0.4) is 0 Å². The average Bonchev–Trinajstić information content (AvgIpc) is 2.47. The molecule has 0 bridgehead atoms. The second-order valence-corrected chi connectivity index (χ2v) is 6.58. The van der Waals surface area contributed by atoms with Crippen molar-refractivity contribution in [1.82, 2.24) is 10.2 Å². The zero-order valence-electron chi connectivity index (χ0n) is 13.3. The quantitative estimate of drug-likeness (QED) is 0.774. The minimum Gasteiger partial charge on any atom is -0.381 e. The van der Waals surface area contributed by atoms with Gasteiger partial charge in [-0.1, -0.05) is 6.92 Å². The molecule has 0 aromatic rings. The van der Waals surface area contributed by atoms with Crippen molar-refractivity contribution in [3.63, 3.8) is 0 Å². The van der Waals surface area contributed by atoms with E-state index in [-0.39, 0.29) is 0 Å². The largest absolute Gasteiger partial charge is 0.381 e. The van der Waals surface area contributed by atoms with Gasteiger partial charge in [0, 0.05) is 39.5 Å².